The quantitative estimate of drug-likeness (QED) is 0.824. The average molecular weight is 277 g/mol. The molecular weight excluding hydrogens is 252 g/mol. The molecule has 2 aliphatic heterocycles. The number of nitrogens with one attached hydrogen (secondary N) is 2. The maximum Gasteiger partial charge on any atom is 0.240 e. The van der Waals surface area contributed by atoms with E-state index < -0.39 is 0 Å². The predicted molar refractivity (Wildman–Crippen MR) is 74.1 cm³/mol. The molecule has 5 heteroatoms. The van der Waals surface area contributed by atoms with E-state index >= 15 is 0 Å². The van der Waals surface area contributed by atoms with E-state index in [-0.39, 0.29) is 30.0 Å². The molecule has 2 aliphatic rings. The van der Waals surface area contributed by atoms with Crippen molar-refractivity contribution in [3.63, 3.8) is 0 Å². The topological polar surface area (TPSA) is 50.4 Å². The number of carbonyl (C=O) groups excluding carboxylic acids is 1. The normalized spacial score (nSPS) is 32.4. The van der Waals surface area contributed by atoms with E-state index in [0.29, 0.717) is 6.54 Å². The van der Waals surface area contributed by atoms with E-state index in [1.165, 1.54) is 12.8 Å². The monoisotopic (exact) mass is 276 g/mol. The van der Waals surface area contributed by atoms with Crippen molar-refractivity contribution in [2.45, 2.75) is 57.1 Å². The van der Waals surface area contributed by atoms with Crippen LogP contribution in [0.15, 0.2) is 0 Å². The number of hydrogen-bond donors (Lipinski definition) is 2. The molecule has 2 fully saturated rings. The standard InChI is InChI=1S/C13H24N2O2.ClH/c1-13(7-3-4-8-15-13)12(16)14-10-11-6-2-5-9-17-11;/h11,15H,2-10H2,1H3,(H,14,16);1H. The molecule has 0 radical (unpaired) electrons. The van der Waals surface area contributed by atoms with Crippen molar-refractivity contribution in [1.29, 1.82) is 0 Å². The number of ether oxygens (including phenoxy) is 1. The molecule has 106 valence electrons. The Hall–Kier alpha value is -0.320. The third-order valence-corrected chi connectivity index (χ3v) is 3.88. The first kappa shape index (κ1) is 15.7. The molecule has 0 saturated carbocycles. The second-order valence-electron chi connectivity index (χ2n) is 5.41. The molecule has 4 nitrogen and oxygen atoms in total. The minimum absolute atomic E-state index is 0. The second-order valence-corrected chi connectivity index (χ2v) is 5.41. The summed E-state index contributed by atoms with van der Waals surface area (Å²) in [6.45, 7) is 4.46. The fraction of sp³-hybridized carbons (Fsp3) is 0.923. The zero-order valence-electron chi connectivity index (χ0n) is 11.2. The summed E-state index contributed by atoms with van der Waals surface area (Å²) in [6, 6.07) is 0. The Morgan fingerprint density at radius 3 is 2.83 bits per heavy atom. The lowest BCUT2D eigenvalue weighted by Crippen LogP contribution is -2.57. The van der Waals surface area contributed by atoms with Crippen molar-refractivity contribution in [2.24, 2.45) is 0 Å². The first-order valence-corrected chi connectivity index (χ1v) is 6.86. The van der Waals surface area contributed by atoms with Gasteiger partial charge in [-0.2, -0.15) is 0 Å². The van der Waals surface area contributed by atoms with Crippen LogP contribution >= 0.6 is 12.4 Å². The Morgan fingerprint density at radius 1 is 1.39 bits per heavy atom. The molecule has 18 heavy (non-hydrogen) atoms. The van der Waals surface area contributed by atoms with Crippen LogP contribution in [0.1, 0.15) is 45.4 Å². The van der Waals surface area contributed by atoms with Gasteiger partial charge in [-0.15, -0.1) is 12.4 Å². The third kappa shape index (κ3) is 4.11. The molecule has 2 heterocycles. The molecule has 2 rings (SSSR count). The summed E-state index contributed by atoms with van der Waals surface area (Å²) in [5.41, 5.74) is -0.368. The lowest BCUT2D eigenvalue weighted by atomic mass is 9.90. The van der Waals surface area contributed by atoms with Crippen LogP contribution in [0, 0.1) is 0 Å². The first-order valence-electron chi connectivity index (χ1n) is 6.86. The molecule has 0 aromatic heterocycles. The predicted octanol–water partition coefficient (Wildman–Crippen LogP) is 1.63. The number of carbonyl (C=O) groups is 1. The maximum atomic E-state index is 12.1. The van der Waals surface area contributed by atoms with Crippen molar-refractivity contribution in [3.8, 4) is 0 Å². The van der Waals surface area contributed by atoms with Gasteiger partial charge in [0.2, 0.25) is 5.91 Å². The van der Waals surface area contributed by atoms with Crippen LogP contribution in [0.2, 0.25) is 0 Å². The Labute approximate surface area is 116 Å². The van der Waals surface area contributed by atoms with Crippen molar-refractivity contribution < 1.29 is 9.53 Å². The van der Waals surface area contributed by atoms with Crippen molar-refractivity contribution in [2.75, 3.05) is 19.7 Å². The third-order valence-electron chi connectivity index (χ3n) is 3.88. The Balaban J connectivity index is 0.00000162. The summed E-state index contributed by atoms with van der Waals surface area (Å²) >= 11 is 0. The Kier molecular flexibility index (Phi) is 6.39. The first-order chi connectivity index (χ1) is 8.21. The van der Waals surface area contributed by atoms with Gasteiger partial charge in [0.1, 0.15) is 0 Å². The van der Waals surface area contributed by atoms with E-state index in [0.717, 1.165) is 38.8 Å². The van der Waals surface area contributed by atoms with Gasteiger partial charge in [-0.3, -0.25) is 4.79 Å². The lowest BCUT2D eigenvalue weighted by molar-refractivity contribution is -0.128. The van der Waals surface area contributed by atoms with E-state index in [2.05, 4.69) is 10.6 Å². The van der Waals surface area contributed by atoms with Crippen LogP contribution < -0.4 is 10.6 Å². The number of amides is 1. The van der Waals surface area contributed by atoms with Gasteiger partial charge < -0.3 is 15.4 Å². The van der Waals surface area contributed by atoms with E-state index in [4.69, 9.17) is 4.74 Å². The summed E-state index contributed by atoms with van der Waals surface area (Å²) < 4.78 is 5.61. The van der Waals surface area contributed by atoms with E-state index in [9.17, 15) is 4.79 Å². The largest absolute Gasteiger partial charge is 0.376 e. The van der Waals surface area contributed by atoms with Gasteiger partial charge in [-0.25, -0.2) is 0 Å². The summed E-state index contributed by atoms with van der Waals surface area (Å²) in [5, 5.41) is 6.37. The van der Waals surface area contributed by atoms with Crippen LogP contribution in [-0.4, -0.2) is 37.2 Å². The molecule has 1 amide bonds. The molecule has 0 bridgehead atoms. The highest BCUT2D eigenvalue weighted by molar-refractivity contribution is 5.86. The van der Waals surface area contributed by atoms with Crippen LogP contribution in [0.25, 0.3) is 0 Å². The Morgan fingerprint density at radius 2 is 2.22 bits per heavy atom. The van der Waals surface area contributed by atoms with E-state index in [1.807, 2.05) is 6.92 Å². The maximum absolute atomic E-state index is 12.1. The summed E-state index contributed by atoms with van der Waals surface area (Å²) in [4.78, 5) is 12.1. The molecular formula is C13H25ClN2O2. The van der Waals surface area contributed by atoms with Gasteiger partial charge in [-0.05, 0) is 52.0 Å². The fourth-order valence-corrected chi connectivity index (χ4v) is 2.62. The highest BCUT2D eigenvalue weighted by atomic mass is 35.5. The molecule has 2 unspecified atom stereocenters. The minimum atomic E-state index is -0.368. The summed E-state index contributed by atoms with van der Waals surface area (Å²) in [6.07, 6.45) is 6.92. The Bertz CT molecular complexity index is 262. The lowest BCUT2D eigenvalue weighted by Gasteiger charge is -2.34. The zero-order valence-corrected chi connectivity index (χ0v) is 12.0. The molecule has 2 saturated heterocycles. The van der Waals surface area contributed by atoms with E-state index in [1.54, 1.807) is 0 Å². The molecule has 0 aromatic carbocycles. The number of rotatable bonds is 3. The van der Waals surface area contributed by atoms with Gasteiger partial charge in [0, 0.05) is 13.2 Å². The van der Waals surface area contributed by atoms with Crippen molar-refractivity contribution in [1.82, 2.24) is 10.6 Å². The average Bonchev–Trinajstić information content (AvgIpc) is 2.38. The highest BCUT2D eigenvalue weighted by Gasteiger charge is 2.34. The van der Waals surface area contributed by atoms with Crippen LogP contribution in [-0.2, 0) is 9.53 Å². The summed E-state index contributed by atoms with van der Waals surface area (Å²) in [5.74, 6) is 0.131. The van der Waals surface area contributed by atoms with Crippen LogP contribution in [0.5, 0.6) is 0 Å². The number of piperidine rings is 1. The van der Waals surface area contributed by atoms with Gasteiger partial charge >= 0.3 is 0 Å². The van der Waals surface area contributed by atoms with Gasteiger partial charge in [0.05, 0.1) is 11.6 Å². The number of halogens is 1. The minimum Gasteiger partial charge on any atom is -0.376 e. The van der Waals surface area contributed by atoms with Gasteiger partial charge in [0.25, 0.3) is 0 Å². The summed E-state index contributed by atoms with van der Waals surface area (Å²) in [7, 11) is 0. The van der Waals surface area contributed by atoms with Crippen LogP contribution in [0.4, 0.5) is 0 Å². The van der Waals surface area contributed by atoms with Crippen LogP contribution in [0.3, 0.4) is 0 Å². The molecule has 0 spiro atoms. The second kappa shape index (κ2) is 7.31. The molecule has 0 aliphatic carbocycles. The molecule has 2 atom stereocenters. The van der Waals surface area contributed by atoms with Gasteiger partial charge in [-0.1, -0.05) is 0 Å². The van der Waals surface area contributed by atoms with Crippen molar-refractivity contribution in [3.05, 3.63) is 0 Å². The number of hydrogen-bond acceptors (Lipinski definition) is 3. The van der Waals surface area contributed by atoms with Crippen molar-refractivity contribution >= 4 is 18.3 Å². The smallest absolute Gasteiger partial charge is 0.240 e. The fourth-order valence-electron chi connectivity index (χ4n) is 2.62. The highest BCUT2D eigenvalue weighted by Crippen LogP contribution is 2.19. The SMILES string of the molecule is CC1(C(=O)NCC2CCCCO2)CCCCN1.Cl. The van der Waals surface area contributed by atoms with Gasteiger partial charge in [0.15, 0.2) is 0 Å². The molecule has 2 N–H and O–H groups in total. The zero-order chi connectivity index (χ0) is 12.1. The molecule has 0 aromatic rings.